The molecule has 1 saturated carbocycles. The summed E-state index contributed by atoms with van der Waals surface area (Å²) in [5, 5.41) is 51.0. The molecule has 12 nitrogen and oxygen atoms in total. The Balaban J connectivity index is 0.00000121. The van der Waals surface area contributed by atoms with Crippen molar-refractivity contribution in [1.29, 1.82) is 0 Å². The van der Waals surface area contributed by atoms with Gasteiger partial charge in [-0.1, -0.05) is 7.43 Å². The number of phenols is 1. The molecular formula is C31H43N5O7. The Bertz CT molecular complexity index is 1510. The van der Waals surface area contributed by atoms with Gasteiger partial charge in [0.2, 0.25) is 5.78 Å². The highest BCUT2D eigenvalue weighted by molar-refractivity contribution is 6.22. The zero-order valence-corrected chi connectivity index (χ0v) is 24.5. The largest absolute Gasteiger partial charge is 0.508 e. The third kappa shape index (κ3) is 5.53. The van der Waals surface area contributed by atoms with Crippen LogP contribution in [-0.4, -0.2) is 76.3 Å². The summed E-state index contributed by atoms with van der Waals surface area (Å²) in [4.78, 5) is 40.0. The third-order valence-corrected chi connectivity index (χ3v) is 8.27. The molecule has 3 atom stereocenters. The van der Waals surface area contributed by atoms with Crippen molar-refractivity contribution in [3.8, 4) is 5.75 Å². The number of ketones is 2. The highest BCUT2D eigenvalue weighted by Crippen LogP contribution is 2.53. The number of benzene rings is 1. The van der Waals surface area contributed by atoms with Crippen LogP contribution in [0.3, 0.4) is 0 Å². The van der Waals surface area contributed by atoms with Crippen molar-refractivity contribution < 1.29 is 34.8 Å². The fourth-order valence-corrected chi connectivity index (χ4v) is 6.26. The number of aryl methyl sites for hydroxylation is 1. The maximum Gasteiger partial charge on any atom is 0.255 e. The highest BCUT2D eigenvalue weighted by atomic mass is 16.3. The Morgan fingerprint density at radius 1 is 1.16 bits per heavy atom. The Morgan fingerprint density at radius 3 is 2.37 bits per heavy atom. The minimum Gasteiger partial charge on any atom is -0.508 e. The number of nitrogens with one attached hydrogen (secondary N) is 2. The van der Waals surface area contributed by atoms with Gasteiger partial charge in [0.15, 0.2) is 11.4 Å². The SMILES string of the molecule is C.CN(C)c1cc(CNCc2cccn2C)c(O)c2c1CC1C[C@H]3CC(=O)C(C(N)=O)=C(O)[C@@]3(O)C(=O)C1=C2O.CNC. The average Bonchev–Trinajstić information content (AvgIpc) is 3.31. The third-order valence-electron chi connectivity index (χ3n) is 8.27. The van der Waals surface area contributed by atoms with Gasteiger partial charge in [0.25, 0.3) is 5.91 Å². The van der Waals surface area contributed by atoms with Gasteiger partial charge in [0.05, 0.1) is 5.56 Å². The lowest BCUT2D eigenvalue weighted by Crippen LogP contribution is -2.58. The summed E-state index contributed by atoms with van der Waals surface area (Å²) >= 11 is 0. The number of hydrogen-bond acceptors (Lipinski definition) is 10. The molecule has 1 aromatic heterocycles. The van der Waals surface area contributed by atoms with Crippen LogP contribution >= 0.6 is 0 Å². The molecule has 2 aromatic rings. The Hall–Kier alpha value is -4.13. The zero-order chi connectivity index (χ0) is 31.1. The van der Waals surface area contributed by atoms with Crippen LogP contribution in [-0.2, 0) is 40.9 Å². The topological polar surface area (TPSA) is 190 Å². The average molecular weight is 598 g/mol. The molecule has 0 aliphatic heterocycles. The van der Waals surface area contributed by atoms with E-state index in [2.05, 4.69) is 10.6 Å². The predicted octanol–water partition coefficient (Wildman–Crippen LogP) is 1.59. The van der Waals surface area contributed by atoms with Crippen molar-refractivity contribution in [3.63, 3.8) is 0 Å². The molecule has 1 heterocycles. The molecule has 1 amide bonds. The number of phenolic OH excluding ortho intramolecular Hbond substituents is 1. The molecule has 234 valence electrons. The summed E-state index contributed by atoms with van der Waals surface area (Å²) in [5.41, 5.74) is 4.72. The van der Waals surface area contributed by atoms with Gasteiger partial charge in [-0.05, 0) is 56.6 Å². The summed E-state index contributed by atoms with van der Waals surface area (Å²) < 4.78 is 1.97. The zero-order valence-electron chi connectivity index (χ0n) is 24.5. The van der Waals surface area contributed by atoms with Crippen LogP contribution < -0.4 is 21.3 Å². The fraction of sp³-hybridized carbons (Fsp3) is 0.452. The molecule has 8 N–H and O–H groups in total. The van der Waals surface area contributed by atoms with Crippen molar-refractivity contribution in [2.45, 2.75) is 45.4 Å². The predicted molar refractivity (Wildman–Crippen MR) is 163 cm³/mol. The number of nitrogens with two attached hydrogens (primary N) is 1. The first-order valence-electron chi connectivity index (χ1n) is 13.7. The van der Waals surface area contributed by atoms with Crippen molar-refractivity contribution in [3.05, 3.63) is 63.7 Å². The van der Waals surface area contributed by atoms with E-state index in [0.717, 1.165) is 11.4 Å². The van der Waals surface area contributed by atoms with Gasteiger partial charge in [-0.3, -0.25) is 14.4 Å². The van der Waals surface area contributed by atoms with E-state index in [4.69, 9.17) is 5.73 Å². The van der Waals surface area contributed by atoms with Gasteiger partial charge in [-0.2, -0.15) is 0 Å². The first kappa shape index (κ1) is 33.4. The van der Waals surface area contributed by atoms with Gasteiger partial charge < -0.3 is 46.3 Å². The molecule has 3 aliphatic carbocycles. The van der Waals surface area contributed by atoms with E-state index in [1.165, 1.54) is 0 Å². The second-order valence-corrected chi connectivity index (χ2v) is 11.3. The molecule has 5 rings (SSSR count). The lowest BCUT2D eigenvalue weighted by molar-refractivity contribution is -0.147. The standard InChI is InChI=1S/C28H32N4O7.C2H7N.CH4/c1-31(2)18-9-14(11-30-12-16-5-4-6-32(16)3)23(34)21-17(18)8-13-7-15-10-19(33)22(27(29)38)26(37)28(15,39)25(36)20(13)24(21)35;1-3-2;/h4-6,9,13,15,30,34-35,37,39H,7-8,10-12H2,1-3H3,(H2,29,38);3H,1-2H3;1H4/t13?,15-,28-;;/m0../s1. The number of aliphatic hydroxyl groups excluding tert-OH is 2. The monoisotopic (exact) mass is 597 g/mol. The van der Waals surface area contributed by atoms with Gasteiger partial charge >= 0.3 is 0 Å². The lowest BCUT2D eigenvalue weighted by atomic mass is 9.59. The first-order valence-corrected chi connectivity index (χ1v) is 13.7. The van der Waals surface area contributed by atoms with Gasteiger partial charge in [0.1, 0.15) is 22.8 Å². The van der Waals surface area contributed by atoms with E-state index in [1.807, 2.05) is 69.1 Å². The molecule has 1 aromatic carbocycles. The minimum absolute atomic E-state index is 0. The smallest absolute Gasteiger partial charge is 0.255 e. The summed E-state index contributed by atoms with van der Waals surface area (Å²) in [5.74, 6) is -6.34. The number of Topliss-reactive ketones (excluding diaryl/α,β-unsaturated/α-hetero) is 2. The van der Waals surface area contributed by atoms with Crippen molar-refractivity contribution in [2.24, 2.45) is 24.6 Å². The van der Waals surface area contributed by atoms with Crippen LogP contribution in [0.1, 0.15) is 42.7 Å². The van der Waals surface area contributed by atoms with E-state index in [-0.39, 0.29) is 50.1 Å². The number of rotatable bonds is 6. The van der Waals surface area contributed by atoms with E-state index in [1.54, 1.807) is 0 Å². The van der Waals surface area contributed by atoms with Crippen LogP contribution in [0.5, 0.6) is 5.75 Å². The number of aromatic hydroxyl groups is 1. The number of primary amides is 1. The summed E-state index contributed by atoms with van der Waals surface area (Å²) in [7, 11) is 9.35. The van der Waals surface area contributed by atoms with Crippen LogP contribution in [0.4, 0.5) is 5.69 Å². The molecule has 1 fully saturated rings. The molecule has 0 radical (unpaired) electrons. The van der Waals surface area contributed by atoms with Crippen molar-refractivity contribution >= 4 is 28.9 Å². The molecular weight excluding hydrogens is 554 g/mol. The number of nitrogens with zero attached hydrogens (tertiary/aromatic N) is 2. The molecule has 43 heavy (non-hydrogen) atoms. The Labute approximate surface area is 251 Å². The van der Waals surface area contributed by atoms with E-state index in [9.17, 15) is 34.8 Å². The molecule has 1 unspecified atom stereocenters. The summed E-state index contributed by atoms with van der Waals surface area (Å²) in [6.45, 7) is 0.802. The first-order chi connectivity index (χ1) is 19.8. The summed E-state index contributed by atoms with van der Waals surface area (Å²) in [6, 6.07) is 5.74. The minimum atomic E-state index is -2.58. The maximum atomic E-state index is 13.7. The Morgan fingerprint density at radius 2 is 1.81 bits per heavy atom. The van der Waals surface area contributed by atoms with E-state index in [0.29, 0.717) is 17.7 Å². The number of anilines is 1. The molecule has 3 aliphatic rings. The van der Waals surface area contributed by atoms with Crippen molar-refractivity contribution in [2.75, 3.05) is 33.1 Å². The van der Waals surface area contributed by atoms with Crippen LogP contribution in [0.25, 0.3) is 5.76 Å². The number of hydrogen-bond donors (Lipinski definition) is 7. The van der Waals surface area contributed by atoms with Crippen LogP contribution in [0.15, 0.2) is 41.3 Å². The molecule has 0 bridgehead atoms. The summed E-state index contributed by atoms with van der Waals surface area (Å²) in [6.07, 6.45) is 1.93. The number of carbonyl (C=O) groups is 3. The van der Waals surface area contributed by atoms with Crippen LogP contribution in [0.2, 0.25) is 0 Å². The number of fused-ring (bicyclic) bond motifs is 3. The second-order valence-electron chi connectivity index (χ2n) is 11.3. The highest BCUT2D eigenvalue weighted by Gasteiger charge is 2.60. The lowest BCUT2D eigenvalue weighted by Gasteiger charge is -2.46. The quantitative estimate of drug-likeness (QED) is 0.241. The Kier molecular flexibility index (Phi) is 9.79. The normalized spacial score (nSPS) is 22.6. The second kappa shape index (κ2) is 12.6. The van der Waals surface area contributed by atoms with Gasteiger partial charge in [-0.25, -0.2) is 0 Å². The molecule has 0 saturated heterocycles. The van der Waals surface area contributed by atoms with E-state index >= 15 is 0 Å². The van der Waals surface area contributed by atoms with Crippen molar-refractivity contribution in [1.82, 2.24) is 15.2 Å². The number of aliphatic hydroxyl groups is 3. The number of aromatic nitrogens is 1. The van der Waals surface area contributed by atoms with E-state index < -0.39 is 52.0 Å². The fourth-order valence-electron chi connectivity index (χ4n) is 6.26. The maximum absolute atomic E-state index is 13.7. The van der Waals surface area contributed by atoms with Gasteiger partial charge in [-0.15, -0.1) is 0 Å². The molecule has 0 spiro atoms. The molecule has 12 heteroatoms. The number of carbonyl (C=O) groups excluding carboxylic acids is 3. The number of amides is 1. The van der Waals surface area contributed by atoms with Crippen LogP contribution in [0, 0.1) is 11.8 Å². The van der Waals surface area contributed by atoms with Gasteiger partial charge in [0, 0.05) is 75.3 Å².